The van der Waals surface area contributed by atoms with Gasteiger partial charge in [-0.15, -0.1) is 0 Å². The molecule has 10 nitrogen and oxygen atoms in total. The molecule has 0 heterocycles. The van der Waals surface area contributed by atoms with Gasteiger partial charge in [-0.3, -0.25) is 18.6 Å². The zero-order valence-electron chi connectivity index (χ0n) is 40.6. The smallest absolute Gasteiger partial charge is 0.472 e. The highest BCUT2D eigenvalue weighted by atomic mass is 31.2. The number of phosphoric acid groups is 1. The molecule has 0 aromatic heterocycles. The summed E-state index contributed by atoms with van der Waals surface area (Å²) < 4.78 is 33.4. The summed E-state index contributed by atoms with van der Waals surface area (Å²) in [6.07, 6.45) is 61.3. The molecule has 0 aliphatic carbocycles. The number of nitrogens with two attached hydrogens (primary N) is 1. The highest BCUT2D eigenvalue weighted by Crippen LogP contribution is 2.43. The summed E-state index contributed by atoms with van der Waals surface area (Å²) in [6, 6.07) is -1.49. The fourth-order valence-corrected chi connectivity index (χ4v) is 7.64. The van der Waals surface area contributed by atoms with Gasteiger partial charge in [0.05, 0.1) is 19.8 Å². The van der Waals surface area contributed by atoms with Crippen LogP contribution in [0.15, 0.2) is 72.9 Å². The zero-order valence-corrected chi connectivity index (χ0v) is 41.5. The molecule has 4 N–H and O–H groups in total. The van der Waals surface area contributed by atoms with Crippen LogP contribution in [0.25, 0.3) is 0 Å². The summed E-state index contributed by atoms with van der Waals surface area (Å²) in [5.41, 5.74) is 5.37. The lowest BCUT2D eigenvalue weighted by molar-refractivity contribution is -0.154. The van der Waals surface area contributed by atoms with Crippen LogP contribution in [0.4, 0.5) is 0 Å². The molecule has 0 rings (SSSR count). The molecule has 11 heteroatoms. The van der Waals surface area contributed by atoms with Crippen LogP contribution in [-0.2, 0) is 32.7 Å². The van der Waals surface area contributed by atoms with Gasteiger partial charge in [0.1, 0.15) is 12.1 Å². The van der Waals surface area contributed by atoms with E-state index in [1.165, 1.54) is 128 Å². The summed E-state index contributed by atoms with van der Waals surface area (Å²) in [5, 5.41) is 8.92. The Hall–Kier alpha value is -2.59. The fourth-order valence-electron chi connectivity index (χ4n) is 6.87. The van der Waals surface area contributed by atoms with Crippen LogP contribution < -0.4 is 5.73 Å². The van der Waals surface area contributed by atoms with Gasteiger partial charge in [0.2, 0.25) is 0 Å². The highest BCUT2D eigenvalue weighted by Gasteiger charge is 2.27. The number of ether oxygens (including phenoxy) is 2. The van der Waals surface area contributed by atoms with Crippen molar-refractivity contribution in [3.8, 4) is 0 Å². The second-order valence-electron chi connectivity index (χ2n) is 16.9. The Morgan fingerprint density at radius 2 is 0.875 bits per heavy atom. The number of carbonyl (C=O) groups excluding carboxylic acids is 1. The third kappa shape index (κ3) is 47.4. The Balaban J connectivity index is 4.22. The number of carboxylic acids is 1. The minimum atomic E-state index is -4.64. The van der Waals surface area contributed by atoms with Gasteiger partial charge in [0, 0.05) is 13.0 Å². The van der Waals surface area contributed by atoms with Crippen LogP contribution in [-0.4, -0.2) is 60.5 Å². The molecule has 3 unspecified atom stereocenters. The van der Waals surface area contributed by atoms with E-state index in [1.54, 1.807) is 0 Å². The minimum absolute atomic E-state index is 0.0143. The first-order chi connectivity index (χ1) is 31.2. The van der Waals surface area contributed by atoms with Crippen molar-refractivity contribution < 1.29 is 42.7 Å². The van der Waals surface area contributed by atoms with Crippen LogP contribution in [0.5, 0.6) is 0 Å². The molecule has 64 heavy (non-hydrogen) atoms. The summed E-state index contributed by atoms with van der Waals surface area (Å²) >= 11 is 0. The number of rotatable bonds is 48. The Kier molecular flexibility index (Phi) is 46.4. The Bertz CT molecular complexity index is 1290. The van der Waals surface area contributed by atoms with Crippen molar-refractivity contribution in [1.82, 2.24) is 0 Å². The average molecular weight is 920 g/mol. The van der Waals surface area contributed by atoms with E-state index < -0.39 is 45.1 Å². The summed E-state index contributed by atoms with van der Waals surface area (Å²) in [6.45, 7) is 3.70. The number of unbranched alkanes of at least 4 members (excludes halogenated alkanes) is 22. The van der Waals surface area contributed by atoms with Crippen molar-refractivity contribution in [1.29, 1.82) is 0 Å². The molecule has 370 valence electrons. The molecule has 0 aliphatic heterocycles. The Morgan fingerprint density at radius 3 is 1.27 bits per heavy atom. The number of phosphoric ester groups is 1. The van der Waals surface area contributed by atoms with Crippen molar-refractivity contribution in [2.24, 2.45) is 5.73 Å². The fraction of sp³-hybridized carbons (Fsp3) is 0.736. The van der Waals surface area contributed by atoms with Crippen LogP contribution in [0, 0.1) is 0 Å². The topological polar surface area (TPSA) is 155 Å². The van der Waals surface area contributed by atoms with E-state index in [2.05, 4.69) is 74.6 Å². The minimum Gasteiger partial charge on any atom is -0.480 e. The average Bonchev–Trinajstić information content (AvgIpc) is 3.28. The van der Waals surface area contributed by atoms with Gasteiger partial charge in [-0.2, -0.15) is 0 Å². The molecular formula is C53H94NO9P. The third-order valence-electron chi connectivity index (χ3n) is 10.8. The molecule has 0 amide bonds. The van der Waals surface area contributed by atoms with Crippen LogP contribution >= 0.6 is 7.82 Å². The van der Waals surface area contributed by atoms with Crippen LogP contribution in [0.2, 0.25) is 0 Å². The van der Waals surface area contributed by atoms with Crippen LogP contribution in [0.3, 0.4) is 0 Å². The lowest BCUT2D eigenvalue weighted by Gasteiger charge is -2.20. The van der Waals surface area contributed by atoms with Crippen molar-refractivity contribution in [2.45, 2.75) is 225 Å². The highest BCUT2D eigenvalue weighted by molar-refractivity contribution is 7.47. The zero-order chi connectivity index (χ0) is 46.9. The van der Waals surface area contributed by atoms with E-state index in [0.29, 0.717) is 13.0 Å². The maximum atomic E-state index is 12.6. The summed E-state index contributed by atoms with van der Waals surface area (Å²) in [5.74, 6) is -1.87. The predicted molar refractivity (Wildman–Crippen MR) is 267 cm³/mol. The molecule has 0 bridgehead atoms. The van der Waals surface area contributed by atoms with Gasteiger partial charge >= 0.3 is 19.8 Å². The number of carboxylic acid groups (broad SMARTS) is 1. The molecule has 0 aliphatic rings. The molecule has 0 aromatic rings. The monoisotopic (exact) mass is 920 g/mol. The van der Waals surface area contributed by atoms with Crippen molar-refractivity contribution >= 4 is 19.8 Å². The van der Waals surface area contributed by atoms with Gasteiger partial charge in [-0.25, -0.2) is 4.57 Å². The molecule has 0 radical (unpaired) electrons. The molecule has 0 saturated carbocycles. The first-order valence-corrected chi connectivity index (χ1v) is 27.0. The van der Waals surface area contributed by atoms with E-state index in [4.69, 9.17) is 29.4 Å². The maximum Gasteiger partial charge on any atom is 0.472 e. The second kappa shape index (κ2) is 48.3. The molecule has 3 atom stereocenters. The van der Waals surface area contributed by atoms with Crippen molar-refractivity contribution in [2.75, 3.05) is 26.4 Å². The maximum absolute atomic E-state index is 12.6. The quantitative estimate of drug-likeness (QED) is 0.0232. The van der Waals surface area contributed by atoms with Gasteiger partial charge in [0.15, 0.2) is 0 Å². The van der Waals surface area contributed by atoms with E-state index in [9.17, 15) is 19.0 Å². The third-order valence-corrected chi connectivity index (χ3v) is 11.7. The molecule has 0 saturated heterocycles. The lowest BCUT2D eigenvalue weighted by atomic mass is 10.0. The normalized spacial score (nSPS) is 14.3. The summed E-state index contributed by atoms with van der Waals surface area (Å²) in [4.78, 5) is 33.6. The number of hydrogen-bond acceptors (Lipinski definition) is 8. The number of esters is 1. The second-order valence-corrected chi connectivity index (χ2v) is 18.4. The Labute approximate surface area is 391 Å². The van der Waals surface area contributed by atoms with Gasteiger partial charge in [-0.1, -0.05) is 228 Å². The van der Waals surface area contributed by atoms with E-state index in [1.807, 2.05) is 12.2 Å². The number of aliphatic carboxylic acids is 1. The van der Waals surface area contributed by atoms with Crippen molar-refractivity contribution in [3.05, 3.63) is 72.9 Å². The number of allylic oxidation sites excluding steroid dienone is 12. The summed E-state index contributed by atoms with van der Waals surface area (Å²) in [7, 11) is -4.64. The predicted octanol–water partition coefficient (Wildman–Crippen LogP) is 14.9. The van der Waals surface area contributed by atoms with Gasteiger partial charge in [-0.05, 0) is 51.4 Å². The van der Waals surface area contributed by atoms with E-state index in [-0.39, 0.29) is 13.0 Å². The molecule has 0 spiro atoms. The first-order valence-electron chi connectivity index (χ1n) is 25.5. The van der Waals surface area contributed by atoms with Crippen molar-refractivity contribution in [3.63, 3.8) is 0 Å². The number of hydrogen-bond donors (Lipinski definition) is 3. The first kappa shape index (κ1) is 61.4. The number of carbonyl (C=O) groups is 2. The molecular weight excluding hydrogens is 826 g/mol. The van der Waals surface area contributed by atoms with Gasteiger partial charge in [0.25, 0.3) is 0 Å². The Morgan fingerprint density at radius 1 is 0.516 bits per heavy atom. The SMILES string of the molecule is CC/C=C\C/C=C\C/C=C\C/C=C\C/C=C\C/C=C\CCC(=O)OC(COCCCCCCCCCCCCCCCCCCCCCCCCC)COP(=O)(O)OCC(N)C(=O)O. The van der Waals surface area contributed by atoms with E-state index in [0.717, 1.165) is 57.8 Å². The standard InChI is InChI=1S/C53H94NO9P/c1-3-5-7-9-11-13-15-17-19-21-23-24-25-26-28-30-32-34-36-38-40-42-44-46-60-47-50(48-61-64(58,59)62-49-51(54)53(56)57)63-52(55)45-43-41-39-37-35-33-31-29-27-22-20-18-16-14-12-10-8-6-4-2/h6,8,12,14,18,20,27,29,33,35,39,41,50-51H,3-5,7,9-11,13,15-17,19,21-26,28,30-32,34,36-38,40,42-49,54H2,1-2H3,(H,56,57)(H,58,59)/b8-6-,14-12-,20-18-,29-27-,35-33-,41-39-. The largest absolute Gasteiger partial charge is 0.480 e. The van der Waals surface area contributed by atoms with Crippen LogP contribution in [0.1, 0.15) is 213 Å². The molecule has 0 fully saturated rings. The molecule has 0 aromatic carbocycles. The lowest BCUT2D eigenvalue weighted by Crippen LogP contribution is -2.34. The van der Waals surface area contributed by atoms with E-state index >= 15 is 0 Å². The van der Waals surface area contributed by atoms with Gasteiger partial charge < -0.3 is 25.2 Å².